The fourth-order valence-corrected chi connectivity index (χ4v) is 3.42. The Morgan fingerprint density at radius 2 is 1.40 bits per heavy atom. The van der Waals surface area contributed by atoms with Crippen molar-refractivity contribution in [2.45, 2.75) is 4.90 Å². The molecule has 0 radical (unpaired) electrons. The minimum Gasteiger partial charge on any atom is -0.480 e. The third-order valence-electron chi connectivity index (χ3n) is 2.10. The first-order chi connectivity index (χ1) is 9.12. The van der Waals surface area contributed by atoms with Gasteiger partial charge in [0.2, 0.25) is 10.0 Å². The average molecular weight is 342 g/mol. The minimum atomic E-state index is -4.33. The van der Waals surface area contributed by atoms with Crippen molar-refractivity contribution in [3.63, 3.8) is 0 Å². The summed E-state index contributed by atoms with van der Waals surface area (Å²) in [5.41, 5.74) is 0. The van der Waals surface area contributed by atoms with Crippen LogP contribution < -0.4 is 0 Å². The Kier molecular flexibility index (Phi) is 5.35. The van der Waals surface area contributed by atoms with Gasteiger partial charge < -0.3 is 10.2 Å². The van der Waals surface area contributed by atoms with Crippen LogP contribution in [0.3, 0.4) is 0 Å². The molecule has 0 aliphatic rings. The van der Waals surface area contributed by atoms with Crippen molar-refractivity contribution >= 4 is 45.2 Å². The molecule has 110 valence electrons. The lowest BCUT2D eigenvalue weighted by molar-refractivity contribution is -0.139. The highest BCUT2D eigenvalue weighted by atomic mass is 35.5. The highest BCUT2D eigenvalue weighted by molar-refractivity contribution is 7.89. The lowest BCUT2D eigenvalue weighted by Gasteiger charge is -2.18. The third-order valence-corrected chi connectivity index (χ3v) is 4.30. The number of carboxylic acid groups (broad SMARTS) is 2. The molecule has 0 unspecified atom stereocenters. The van der Waals surface area contributed by atoms with Gasteiger partial charge in [-0.1, -0.05) is 23.2 Å². The molecule has 7 nitrogen and oxygen atoms in total. The van der Waals surface area contributed by atoms with Gasteiger partial charge in [0.15, 0.2) is 0 Å². The second-order valence-corrected chi connectivity index (χ2v) is 6.48. The minimum absolute atomic E-state index is 0.0293. The van der Waals surface area contributed by atoms with Gasteiger partial charge in [-0.2, -0.15) is 4.31 Å². The van der Waals surface area contributed by atoms with Gasteiger partial charge in [0, 0.05) is 10.0 Å². The molecule has 1 aromatic carbocycles. The zero-order valence-electron chi connectivity index (χ0n) is 9.79. The Morgan fingerprint density at radius 3 is 1.75 bits per heavy atom. The largest absolute Gasteiger partial charge is 0.480 e. The summed E-state index contributed by atoms with van der Waals surface area (Å²) in [6.07, 6.45) is 0. The van der Waals surface area contributed by atoms with Crippen LogP contribution in [-0.4, -0.2) is 48.0 Å². The van der Waals surface area contributed by atoms with Gasteiger partial charge in [-0.3, -0.25) is 9.59 Å². The summed E-state index contributed by atoms with van der Waals surface area (Å²) in [6, 6.07) is 3.40. The first kappa shape index (κ1) is 16.7. The summed E-state index contributed by atoms with van der Waals surface area (Å²) in [5.74, 6) is -2.97. The predicted molar refractivity (Wildman–Crippen MR) is 70.5 cm³/mol. The maximum atomic E-state index is 12.2. The van der Waals surface area contributed by atoms with Crippen molar-refractivity contribution in [2.24, 2.45) is 0 Å². The van der Waals surface area contributed by atoms with E-state index in [4.69, 9.17) is 33.4 Å². The summed E-state index contributed by atoms with van der Waals surface area (Å²) < 4.78 is 24.7. The number of hydrogen-bond acceptors (Lipinski definition) is 4. The van der Waals surface area contributed by atoms with Crippen molar-refractivity contribution < 1.29 is 28.2 Å². The molecule has 0 spiro atoms. The van der Waals surface area contributed by atoms with Crippen molar-refractivity contribution in [1.29, 1.82) is 0 Å². The Balaban J connectivity index is 3.27. The molecule has 0 aliphatic heterocycles. The molecular formula is C10H9Cl2NO6S. The van der Waals surface area contributed by atoms with E-state index in [1.54, 1.807) is 0 Å². The van der Waals surface area contributed by atoms with Gasteiger partial charge in [0.05, 0.1) is 4.90 Å². The van der Waals surface area contributed by atoms with E-state index in [1.165, 1.54) is 6.07 Å². The molecule has 0 aromatic heterocycles. The van der Waals surface area contributed by atoms with Crippen LogP contribution in [-0.2, 0) is 19.6 Å². The lowest BCUT2D eigenvalue weighted by atomic mass is 10.4. The van der Waals surface area contributed by atoms with Crippen LogP contribution in [0.5, 0.6) is 0 Å². The van der Waals surface area contributed by atoms with E-state index >= 15 is 0 Å². The monoisotopic (exact) mass is 341 g/mol. The normalized spacial score (nSPS) is 11.6. The molecule has 1 rings (SSSR count). The molecule has 0 aliphatic carbocycles. The van der Waals surface area contributed by atoms with Gasteiger partial charge in [-0.15, -0.1) is 0 Å². The second-order valence-electron chi connectivity index (χ2n) is 3.67. The van der Waals surface area contributed by atoms with Crippen LogP contribution in [0, 0.1) is 0 Å². The molecule has 0 heterocycles. The number of halogens is 2. The predicted octanol–water partition coefficient (Wildman–Crippen LogP) is 1.15. The Labute approximate surface area is 124 Å². The van der Waals surface area contributed by atoms with E-state index in [0.717, 1.165) is 12.1 Å². The number of carboxylic acids is 2. The number of aliphatic carboxylic acids is 2. The van der Waals surface area contributed by atoms with Crippen LogP contribution in [0.15, 0.2) is 23.1 Å². The van der Waals surface area contributed by atoms with E-state index in [2.05, 4.69) is 0 Å². The summed E-state index contributed by atoms with van der Waals surface area (Å²) >= 11 is 11.3. The molecule has 0 amide bonds. The van der Waals surface area contributed by atoms with Crippen LogP contribution in [0.1, 0.15) is 0 Å². The molecule has 20 heavy (non-hydrogen) atoms. The van der Waals surface area contributed by atoms with Gasteiger partial charge in [0.25, 0.3) is 0 Å². The Morgan fingerprint density at radius 1 is 1.00 bits per heavy atom. The highest BCUT2D eigenvalue weighted by Gasteiger charge is 2.29. The fraction of sp³-hybridized carbons (Fsp3) is 0.200. The molecular weight excluding hydrogens is 333 g/mol. The molecule has 0 fully saturated rings. The first-order valence-corrected chi connectivity index (χ1v) is 7.22. The van der Waals surface area contributed by atoms with Crippen LogP contribution in [0.2, 0.25) is 10.0 Å². The van der Waals surface area contributed by atoms with E-state index < -0.39 is 35.1 Å². The third kappa shape index (κ3) is 4.34. The van der Waals surface area contributed by atoms with E-state index in [0.29, 0.717) is 4.31 Å². The quantitative estimate of drug-likeness (QED) is 0.802. The van der Waals surface area contributed by atoms with E-state index in [1.807, 2.05) is 0 Å². The fourth-order valence-electron chi connectivity index (χ4n) is 1.35. The van der Waals surface area contributed by atoms with Gasteiger partial charge in [0.1, 0.15) is 13.1 Å². The van der Waals surface area contributed by atoms with Gasteiger partial charge in [-0.05, 0) is 18.2 Å². The van der Waals surface area contributed by atoms with Gasteiger partial charge >= 0.3 is 11.9 Å². The lowest BCUT2D eigenvalue weighted by Crippen LogP contribution is -2.39. The standard InChI is InChI=1S/C10H9Cl2NO6S/c11-6-1-7(12)3-8(2-6)20(18,19)13(4-9(14)15)5-10(16)17/h1-3H,4-5H2,(H,14,15)(H,16,17). The first-order valence-electron chi connectivity index (χ1n) is 5.03. The van der Waals surface area contributed by atoms with E-state index in [-0.39, 0.29) is 14.9 Å². The summed E-state index contributed by atoms with van der Waals surface area (Å²) in [5, 5.41) is 17.4. The maximum Gasteiger partial charge on any atom is 0.318 e. The molecule has 2 N–H and O–H groups in total. The summed E-state index contributed by atoms with van der Waals surface area (Å²) in [7, 11) is -4.33. The Hall–Kier alpha value is -1.35. The van der Waals surface area contributed by atoms with Crippen molar-refractivity contribution in [2.75, 3.05) is 13.1 Å². The van der Waals surface area contributed by atoms with Crippen molar-refractivity contribution in [3.05, 3.63) is 28.2 Å². The maximum absolute atomic E-state index is 12.2. The van der Waals surface area contributed by atoms with E-state index in [9.17, 15) is 18.0 Å². The molecule has 0 atom stereocenters. The van der Waals surface area contributed by atoms with Crippen LogP contribution >= 0.6 is 23.2 Å². The number of nitrogens with zero attached hydrogens (tertiary/aromatic N) is 1. The molecule has 10 heteroatoms. The summed E-state index contributed by atoms with van der Waals surface area (Å²) in [4.78, 5) is 20.9. The highest BCUT2D eigenvalue weighted by Crippen LogP contribution is 2.24. The number of sulfonamides is 1. The summed E-state index contributed by atoms with van der Waals surface area (Å²) in [6.45, 7) is -1.97. The Bertz CT molecular complexity index is 609. The molecule has 0 bridgehead atoms. The zero-order chi connectivity index (χ0) is 15.5. The second kappa shape index (κ2) is 6.40. The molecule has 0 saturated heterocycles. The zero-order valence-corrected chi connectivity index (χ0v) is 12.1. The topological polar surface area (TPSA) is 112 Å². The van der Waals surface area contributed by atoms with Crippen molar-refractivity contribution in [3.8, 4) is 0 Å². The molecule has 1 aromatic rings. The van der Waals surface area contributed by atoms with Crippen LogP contribution in [0.25, 0.3) is 0 Å². The number of rotatable bonds is 6. The SMILES string of the molecule is O=C(O)CN(CC(=O)O)S(=O)(=O)c1cc(Cl)cc(Cl)c1. The van der Waals surface area contributed by atoms with Crippen LogP contribution in [0.4, 0.5) is 0 Å². The smallest absolute Gasteiger partial charge is 0.318 e. The number of hydrogen-bond donors (Lipinski definition) is 2. The van der Waals surface area contributed by atoms with Crippen molar-refractivity contribution in [1.82, 2.24) is 4.31 Å². The molecule has 0 saturated carbocycles. The average Bonchev–Trinajstić information content (AvgIpc) is 2.25. The van der Waals surface area contributed by atoms with Gasteiger partial charge in [-0.25, -0.2) is 8.42 Å². The number of benzene rings is 1. The number of carbonyl (C=O) groups is 2.